The summed E-state index contributed by atoms with van der Waals surface area (Å²) in [4.78, 5) is 12.9. The van der Waals surface area contributed by atoms with Crippen molar-refractivity contribution in [2.24, 2.45) is 5.92 Å². The molecule has 0 saturated heterocycles. The fourth-order valence-corrected chi connectivity index (χ4v) is 2.07. The van der Waals surface area contributed by atoms with Gasteiger partial charge in [0.25, 0.3) is 0 Å². The van der Waals surface area contributed by atoms with Crippen LogP contribution in [0.15, 0.2) is 24.3 Å². The number of rotatable bonds is 5. The summed E-state index contributed by atoms with van der Waals surface area (Å²) in [6, 6.07) is 8.05. The smallest absolute Gasteiger partial charge is 0.308 e. The molecule has 1 fully saturated rings. The van der Waals surface area contributed by atoms with Gasteiger partial charge in [-0.2, -0.15) is 0 Å². The molecule has 0 aliphatic heterocycles. The quantitative estimate of drug-likeness (QED) is 0.842. The van der Waals surface area contributed by atoms with E-state index in [0.29, 0.717) is 0 Å². The average Bonchev–Trinajstić information content (AvgIpc) is 3.10. The molecule has 17 heavy (non-hydrogen) atoms. The maximum absolute atomic E-state index is 10.8. The zero-order valence-corrected chi connectivity index (χ0v) is 10.1. The van der Waals surface area contributed by atoms with Gasteiger partial charge in [-0.15, -0.1) is 0 Å². The highest BCUT2D eigenvalue weighted by Crippen LogP contribution is 2.35. The molecule has 92 valence electrons. The molecule has 1 aliphatic rings. The largest absolute Gasteiger partial charge is 0.497 e. The molecule has 0 aromatic heterocycles. The molecule has 1 aromatic rings. The van der Waals surface area contributed by atoms with Crippen LogP contribution in [0.1, 0.15) is 12.0 Å². The van der Waals surface area contributed by atoms with Crippen molar-refractivity contribution < 1.29 is 14.6 Å². The standard InChI is InChI=1S/C13H17NO3/c1-14(12-7-11(12)13(15)16)8-9-3-5-10(17-2)6-4-9/h3-6,11-12H,7-8H2,1-2H3,(H,15,16). The van der Waals surface area contributed by atoms with Crippen LogP contribution in [0.5, 0.6) is 5.75 Å². The lowest BCUT2D eigenvalue weighted by Gasteiger charge is -2.16. The van der Waals surface area contributed by atoms with E-state index in [1.165, 1.54) is 5.56 Å². The van der Waals surface area contributed by atoms with E-state index in [4.69, 9.17) is 9.84 Å². The SMILES string of the molecule is COc1ccc(CN(C)C2CC2C(=O)O)cc1. The molecule has 2 atom stereocenters. The minimum absolute atomic E-state index is 0.182. The Kier molecular flexibility index (Phi) is 3.33. The normalized spacial score (nSPS) is 22.5. The molecule has 4 nitrogen and oxygen atoms in total. The lowest BCUT2D eigenvalue weighted by atomic mass is 10.2. The molecule has 2 unspecified atom stereocenters. The summed E-state index contributed by atoms with van der Waals surface area (Å²) in [5.74, 6) is -0.0268. The molecule has 1 aromatic carbocycles. The molecule has 0 bridgehead atoms. The van der Waals surface area contributed by atoms with Crippen molar-refractivity contribution in [3.63, 3.8) is 0 Å². The van der Waals surface area contributed by atoms with Gasteiger partial charge in [-0.05, 0) is 31.2 Å². The predicted octanol–water partition coefficient (Wildman–Crippen LogP) is 1.60. The van der Waals surface area contributed by atoms with E-state index < -0.39 is 5.97 Å². The van der Waals surface area contributed by atoms with E-state index in [1.54, 1.807) is 7.11 Å². The Hall–Kier alpha value is -1.55. The zero-order chi connectivity index (χ0) is 12.4. The molecule has 0 heterocycles. The molecule has 2 rings (SSSR count). The number of hydrogen-bond acceptors (Lipinski definition) is 3. The fraction of sp³-hybridized carbons (Fsp3) is 0.462. The molecule has 1 N–H and O–H groups in total. The number of ether oxygens (including phenoxy) is 1. The van der Waals surface area contributed by atoms with E-state index in [2.05, 4.69) is 4.90 Å². The summed E-state index contributed by atoms with van der Waals surface area (Å²) < 4.78 is 5.09. The molecular formula is C13H17NO3. The maximum Gasteiger partial charge on any atom is 0.308 e. The van der Waals surface area contributed by atoms with Gasteiger partial charge in [-0.25, -0.2) is 0 Å². The van der Waals surface area contributed by atoms with E-state index in [0.717, 1.165) is 18.7 Å². The Morgan fingerprint density at radius 2 is 2.12 bits per heavy atom. The first-order chi connectivity index (χ1) is 8.11. The lowest BCUT2D eigenvalue weighted by Crippen LogP contribution is -2.23. The first-order valence-corrected chi connectivity index (χ1v) is 5.68. The van der Waals surface area contributed by atoms with E-state index in [-0.39, 0.29) is 12.0 Å². The van der Waals surface area contributed by atoms with Gasteiger partial charge >= 0.3 is 5.97 Å². The summed E-state index contributed by atoms with van der Waals surface area (Å²) in [7, 11) is 3.61. The minimum atomic E-state index is -0.684. The molecule has 0 radical (unpaired) electrons. The van der Waals surface area contributed by atoms with E-state index in [1.807, 2.05) is 31.3 Å². The van der Waals surface area contributed by atoms with Crippen LogP contribution in [0.25, 0.3) is 0 Å². The van der Waals surface area contributed by atoms with E-state index in [9.17, 15) is 4.79 Å². The monoisotopic (exact) mass is 235 g/mol. The van der Waals surface area contributed by atoms with Crippen LogP contribution in [-0.2, 0) is 11.3 Å². The van der Waals surface area contributed by atoms with Crippen LogP contribution in [0.3, 0.4) is 0 Å². The summed E-state index contributed by atoms with van der Waals surface area (Å²) in [6.07, 6.45) is 0.766. The third-order valence-electron chi connectivity index (χ3n) is 3.23. The van der Waals surface area contributed by atoms with Crippen LogP contribution < -0.4 is 4.74 Å². The van der Waals surface area contributed by atoms with Gasteiger partial charge in [-0.1, -0.05) is 12.1 Å². The molecule has 1 saturated carbocycles. The third kappa shape index (κ3) is 2.77. The summed E-state index contributed by atoms with van der Waals surface area (Å²) in [5.41, 5.74) is 1.17. The second-order valence-electron chi connectivity index (χ2n) is 4.51. The second-order valence-corrected chi connectivity index (χ2v) is 4.51. The van der Waals surface area contributed by atoms with Crippen molar-refractivity contribution in [1.29, 1.82) is 0 Å². The number of carboxylic acids is 1. The van der Waals surface area contributed by atoms with Gasteiger partial charge in [0.2, 0.25) is 0 Å². The Labute approximate surface area is 101 Å². The van der Waals surface area contributed by atoms with Gasteiger partial charge in [0, 0.05) is 12.6 Å². The number of nitrogens with zero attached hydrogens (tertiary/aromatic N) is 1. The summed E-state index contributed by atoms with van der Waals surface area (Å²) in [6.45, 7) is 0.776. The van der Waals surface area contributed by atoms with Gasteiger partial charge in [0.05, 0.1) is 13.0 Å². The number of aliphatic carboxylic acids is 1. The molecule has 0 spiro atoms. The van der Waals surface area contributed by atoms with Crippen molar-refractivity contribution in [2.75, 3.05) is 14.2 Å². The Morgan fingerprint density at radius 3 is 2.59 bits per heavy atom. The first kappa shape index (κ1) is 11.9. The maximum atomic E-state index is 10.8. The molecule has 1 aliphatic carbocycles. The molecule has 4 heteroatoms. The van der Waals surface area contributed by atoms with Crippen LogP contribution in [-0.4, -0.2) is 36.2 Å². The number of carboxylic acid groups (broad SMARTS) is 1. The van der Waals surface area contributed by atoms with Gasteiger partial charge in [0.15, 0.2) is 0 Å². The highest BCUT2D eigenvalue weighted by molar-refractivity contribution is 5.74. The fourth-order valence-electron chi connectivity index (χ4n) is 2.07. The number of benzene rings is 1. The topological polar surface area (TPSA) is 49.8 Å². The van der Waals surface area contributed by atoms with Gasteiger partial charge in [0.1, 0.15) is 5.75 Å². The van der Waals surface area contributed by atoms with Crippen molar-refractivity contribution in [3.8, 4) is 5.75 Å². The predicted molar refractivity (Wildman–Crippen MR) is 64.0 cm³/mol. The Balaban J connectivity index is 1.90. The van der Waals surface area contributed by atoms with Crippen LogP contribution in [0, 0.1) is 5.92 Å². The first-order valence-electron chi connectivity index (χ1n) is 5.68. The van der Waals surface area contributed by atoms with E-state index >= 15 is 0 Å². The highest BCUT2D eigenvalue weighted by Gasteiger charge is 2.45. The average molecular weight is 235 g/mol. The minimum Gasteiger partial charge on any atom is -0.497 e. The number of carbonyl (C=O) groups is 1. The van der Waals surface area contributed by atoms with Gasteiger partial charge < -0.3 is 9.84 Å². The number of hydrogen-bond donors (Lipinski definition) is 1. The van der Waals surface area contributed by atoms with Crippen molar-refractivity contribution >= 4 is 5.97 Å². The van der Waals surface area contributed by atoms with Crippen molar-refractivity contribution in [1.82, 2.24) is 4.90 Å². The van der Waals surface area contributed by atoms with Crippen molar-refractivity contribution in [3.05, 3.63) is 29.8 Å². The Bertz CT molecular complexity index is 402. The Morgan fingerprint density at radius 1 is 1.47 bits per heavy atom. The lowest BCUT2D eigenvalue weighted by molar-refractivity contribution is -0.138. The van der Waals surface area contributed by atoms with Crippen LogP contribution in [0.4, 0.5) is 0 Å². The van der Waals surface area contributed by atoms with Crippen LogP contribution in [0.2, 0.25) is 0 Å². The third-order valence-corrected chi connectivity index (χ3v) is 3.23. The van der Waals surface area contributed by atoms with Crippen molar-refractivity contribution in [2.45, 2.75) is 19.0 Å². The number of methoxy groups -OCH3 is 1. The molecule has 0 amide bonds. The molecular weight excluding hydrogens is 218 g/mol. The summed E-state index contributed by atoms with van der Waals surface area (Å²) in [5, 5.41) is 8.86. The second kappa shape index (κ2) is 4.75. The van der Waals surface area contributed by atoms with Gasteiger partial charge in [-0.3, -0.25) is 9.69 Å². The van der Waals surface area contributed by atoms with Crippen LogP contribution >= 0.6 is 0 Å². The highest BCUT2D eigenvalue weighted by atomic mass is 16.5. The zero-order valence-electron chi connectivity index (χ0n) is 10.1. The summed E-state index contributed by atoms with van der Waals surface area (Å²) >= 11 is 0.